The molecule has 2 amide bonds. The highest BCUT2D eigenvalue weighted by Crippen LogP contribution is 2.19. The molecule has 0 aliphatic heterocycles. The van der Waals surface area contributed by atoms with Crippen molar-refractivity contribution in [2.24, 2.45) is 4.99 Å². The number of carboxylic acids is 1. The molecule has 0 aliphatic carbocycles. The minimum atomic E-state index is -1.23. The lowest BCUT2D eigenvalue weighted by Crippen LogP contribution is -2.49. The number of para-hydroxylation sites is 1. The van der Waals surface area contributed by atoms with Gasteiger partial charge in [0.15, 0.2) is 0 Å². The van der Waals surface area contributed by atoms with Crippen molar-refractivity contribution in [3.05, 3.63) is 82.5 Å². The van der Waals surface area contributed by atoms with Gasteiger partial charge in [0.2, 0.25) is 17.5 Å². The third-order valence-corrected chi connectivity index (χ3v) is 5.40. The number of nitrogens with zero attached hydrogens (tertiary/aromatic N) is 2. The number of aromatic nitrogens is 3. The number of carboxylic acid groups (broad SMARTS) is 1. The second-order valence-corrected chi connectivity index (χ2v) is 7.98. The van der Waals surface area contributed by atoms with Crippen LogP contribution in [0.5, 0.6) is 0 Å². The quantitative estimate of drug-likeness (QED) is 0.101. The van der Waals surface area contributed by atoms with Crippen LogP contribution >= 0.6 is 0 Å². The molecule has 2 aromatic heterocycles. The number of H-pyrrole nitrogens is 2. The molecule has 0 radical (unpaired) electrons. The molecule has 0 saturated carbocycles. The van der Waals surface area contributed by atoms with Crippen molar-refractivity contribution >= 4 is 34.6 Å². The average molecular weight is 506 g/mol. The van der Waals surface area contributed by atoms with Gasteiger partial charge in [-0.05, 0) is 45.2 Å². The first-order chi connectivity index (χ1) is 17.8. The lowest BCUT2D eigenvalue weighted by atomic mass is 10.0. The number of amides is 2. The van der Waals surface area contributed by atoms with Crippen molar-refractivity contribution < 1.29 is 33.8 Å². The van der Waals surface area contributed by atoms with Gasteiger partial charge in [-0.15, -0.1) is 0 Å². The number of aliphatic imine (C=N–C) groups is 1. The van der Waals surface area contributed by atoms with Crippen LogP contribution in [0, 0.1) is 0 Å². The molecule has 1 unspecified atom stereocenters. The summed E-state index contributed by atoms with van der Waals surface area (Å²) in [6.45, 7) is -1.15. The number of carbonyl (C=O) groups is 3. The molecule has 37 heavy (non-hydrogen) atoms. The van der Waals surface area contributed by atoms with Gasteiger partial charge in [-0.25, -0.2) is 4.79 Å². The predicted molar refractivity (Wildman–Crippen MR) is 127 cm³/mol. The molecule has 13 nitrogen and oxygen atoms in total. The van der Waals surface area contributed by atoms with Crippen molar-refractivity contribution in [2.45, 2.75) is 12.5 Å². The van der Waals surface area contributed by atoms with Crippen LogP contribution in [0.2, 0.25) is 0 Å². The molecule has 0 bridgehead atoms. The van der Waals surface area contributed by atoms with Gasteiger partial charge in [0.1, 0.15) is 19.1 Å². The van der Waals surface area contributed by atoms with E-state index in [9.17, 15) is 24.3 Å². The number of hydrogen-bond donors (Lipinski definition) is 5. The third kappa shape index (κ3) is 6.28. The number of fused-ring (bicyclic) bond motifs is 1. The molecule has 0 spiro atoms. The maximum Gasteiger partial charge on any atom is 0.427 e. The Hall–Kier alpha value is -5.20. The standard InChI is InChI=1S/C24H22N6O7/c31-20(11-26-23(35)14-5-7-16(8-6-14)30-13-22(34)37-29-30)28-19(24(36)27-12-21(32)33)9-15-10-25-18-4-2-1-3-17(15)18/h1-8,10,13,19,25H,9,11-12H2,(H4-,26,27,28,29,31,32,33,34,35,36). The van der Waals surface area contributed by atoms with E-state index in [2.05, 4.69) is 30.4 Å². The van der Waals surface area contributed by atoms with Crippen molar-refractivity contribution in [3.63, 3.8) is 0 Å². The maximum atomic E-state index is 12.6. The molecule has 13 heteroatoms. The topological polar surface area (TPSA) is 197 Å². The highest BCUT2D eigenvalue weighted by molar-refractivity contribution is 5.94. The fourth-order valence-corrected chi connectivity index (χ4v) is 3.63. The highest BCUT2D eigenvalue weighted by atomic mass is 16.5. The van der Waals surface area contributed by atoms with Crippen LogP contribution in [0.1, 0.15) is 11.1 Å². The van der Waals surface area contributed by atoms with Crippen LogP contribution < -0.4 is 26.0 Å². The largest absolute Gasteiger partial charge is 0.858 e. The van der Waals surface area contributed by atoms with Crippen molar-refractivity contribution in [3.8, 4) is 5.69 Å². The van der Waals surface area contributed by atoms with Crippen LogP contribution in [0.25, 0.3) is 16.6 Å². The monoisotopic (exact) mass is 506 g/mol. The summed E-state index contributed by atoms with van der Waals surface area (Å²) >= 11 is 0. The number of nitrogens with one attached hydrogen (secondary N) is 4. The first-order valence-corrected chi connectivity index (χ1v) is 11.1. The van der Waals surface area contributed by atoms with Crippen LogP contribution in [-0.2, 0) is 20.8 Å². The summed E-state index contributed by atoms with van der Waals surface area (Å²) < 4.78 is 5.91. The summed E-state index contributed by atoms with van der Waals surface area (Å²) in [5.74, 6) is -3.25. The van der Waals surface area contributed by atoms with Gasteiger partial charge < -0.3 is 25.8 Å². The maximum absolute atomic E-state index is 12.6. The lowest BCUT2D eigenvalue weighted by molar-refractivity contribution is -0.670. The van der Waals surface area contributed by atoms with Crippen LogP contribution in [0.15, 0.2) is 75.2 Å². The van der Waals surface area contributed by atoms with Gasteiger partial charge in [-0.3, -0.25) is 23.9 Å². The number of rotatable bonds is 10. The molecule has 2 aromatic carbocycles. The van der Waals surface area contributed by atoms with Crippen molar-refractivity contribution in [1.29, 1.82) is 0 Å². The SMILES string of the molecule is O=C(O)CNC(=O)C(Cc1c[nH]c2ccccc12)NC(=O)CN=C([O-])c1ccc(-[n+]2cc(=O)o[nH]2)cc1. The van der Waals surface area contributed by atoms with Crippen LogP contribution in [0.3, 0.4) is 0 Å². The Balaban J connectivity index is 1.43. The van der Waals surface area contributed by atoms with E-state index >= 15 is 0 Å². The van der Waals surface area contributed by atoms with Crippen molar-refractivity contribution in [2.75, 3.05) is 13.1 Å². The van der Waals surface area contributed by atoms with Gasteiger partial charge in [-0.1, -0.05) is 18.2 Å². The van der Waals surface area contributed by atoms with Gasteiger partial charge in [0.25, 0.3) is 6.20 Å². The Labute approximate surface area is 208 Å². The van der Waals surface area contributed by atoms with E-state index in [1.807, 2.05) is 24.3 Å². The average Bonchev–Trinajstić information content (AvgIpc) is 3.51. The second-order valence-electron chi connectivity index (χ2n) is 7.98. The van der Waals surface area contributed by atoms with E-state index < -0.39 is 48.4 Å². The van der Waals surface area contributed by atoms with Gasteiger partial charge in [0, 0.05) is 35.7 Å². The van der Waals surface area contributed by atoms with Crippen LogP contribution in [-0.4, -0.2) is 58.2 Å². The van der Waals surface area contributed by atoms with E-state index in [0.717, 1.165) is 16.5 Å². The zero-order chi connectivity index (χ0) is 26.4. The molecule has 4 aromatic rings. The summed E-state index contributed by atoms with van der Waals surface area (Å²) in [4.78, 5) is 54.1. The minimum absolute atomic E-state index is 0.0877. The summed E-state index contributed by atoms with van der Waals surface area (Å²) in [5, 5.41) is 29.3. The Kier molecular flexibility index (Phi) is 7.42. The molecular formula is C24H22N6O7. The van der Waals surface area contributed by atoms with Crippen molar-refractivity contribution in [1.82, 2.24) is 20.9 Å². The van der Waals surface area contributed by atoms with Gasteiger partial charge in [-0.2, -0.15) is 0 Å². The molecule has 0 saturated heterocycles. The van der Waals surface area contributed by atoms with E-state index in [1.165, 1.54) is 23.0 Å². The zero-order valence-electron chi connectivity index (χ0n) is 19.3. The molecule has 4 rings (SSSR count). The second kappa shape index (κ2) is 11.0. The molecule has 190 valence electrons. The molecule has 5 N–H and O–H groups in total. The number of carbonyl (C=O) groups excluding carboxylic acids is 2. The number of aliphatic carboxylic acids is 1. The first kappa shape index (κ1) is 24.9. The van der Waals surface area contributed by atoms with E-state index in [1.54, 1.807) is 18.3 Å². The molecule has 1 atom stereocenters. The third-order valence-electron chi connectivity index (χ3n) is 5.40. The van der Waals surface area contributed by atoms with E-state index in [-0.39, 0.29) is 12.0 Å². The normalized spacial score (nSPS) is 12.3. The number of aromatic amines is 2. The molecule has 0 aliphatic rings. The van der Waals surface area contributed by atoms with Crippen LogP contribution in [0.4, 0.5) is 0 Å². The number of benzene rings is 2. The van der Waals surface area contributed by atoms with E-state index in [0.29, 0.717) is 5.69 Å². The zero-order valence-corrected chi connectivity index (χ0v) is 19.3. The first-order valence-electron chi connectivity index (χ1n) is 11.1. The summed E-state index contributed by atoms with van der Waals surface area (Å²) in [6.07, 6.45) is 2.98. The molecule has 0 fully saturated rings. The Morgan fingerprint density at radius 2 is 1.89 bits per heavy atom. The Morgan fingerprint density at radius 1 is 1.14 bits per heavy atom. The Bertz CT molecular complexity index is 1520. The fourth-order valence-electron chi connectivity index (χ4n) is 3.63. The minimum Gasteiger partial charge on any atom is -0.858 e. The molecular weight excluding hydrogens is 484 g/mol. The summed E-state index contributed by atoms with van der Waals surface area (Å²) in [6, 6.07) is 12.4. The fraction of sp³-hybridized carbons (Fsp3) is 0.167. The predicted octanol–water partition coefficient (Wildman–Crippen LogP) is -1.24. The molecule has 2 heterocycles. The summed E-state index contributed by atoms with van der Waals surface area (Å²) in [5.41, 5.74) is 1.76. The summed E-state index contributed by atoms with van der Waals surface area (Å²) in [7, 11) is 0. The van der Waals surface area contributed by atoms with E-state index in [4.69, 9.17) is 5.11 Å². The highest BCUT2D eigenvalue weighted by Gasteiger charge is 2.23. The Morgan fingerprint density at radius 3 is 2.59 bits per heavy atom. The van der Waals surface area contributed by atoms with Gasteiger partial charge in [0.05, 0.1) is 0 Å². The smallest absolute Gasteiger partial charge is 0.427 e. The number of hydrogen-bond acceptors (Lipinski definition) is 7. The van der Waals surface area contributed by atoms with Gasteiger partial charge >= 0.3 is 11.6 Å². The lowest BCUT2D eigenvalue weighted by Gasteiger charge is -2.18.